The van der Waals surface area contributed by atoms with Gasteiger partial charge < -0.3 is 15.7 Å². The minimum Gasteiger partial charge on any atom is -0.474 e. The number of hydrogen-bond acceptors (Lipinski definition) is 4. The van der Waals surface area contributed by atoms with Crippen LogP contribution in [-0.2, 0) is 16.0 Å². The van der Waals surface area contributed by atoms with E-state index in [1.54, 1.807) is 0 Å². The van der Waals surface area contributed by atoms with Crippen molar-refractivity contribution in [2.45, 2.75) is 6.42 Å². The largest absolute Gasteiger partial charge is 0.474 e. The lowest BCUT2D eigenvalue weighted by Gasteiger charge is -2.15. The van der Waals surface area contributed by atoms with Gasteiger partial charge in [0.25, 0.3) is 5.91 Å². The van der Waals surface area contributed by atoms with Gasteiger partial charge in [-0.1, -0.05) is 0 Å². The highest BCUT2D eigenvalue weighted by Gasteiger charge is 2.19. The molecule has 1 aliphatic rings. The van der Waals surface area contributed by atoms with Gasteiger partial charge in [0.15, 0.2) is 0 Å². The first kappa shape index (κ1) is 11.1. The van der Waals surface area contributed by atoms with Gasteiger partial charge in [-0.25, -0.2) is 4.79 Å². The van der Waals surface area contributed by atoms with E-state index in [1.165, 1.54) is 12.3 Å². The van der Waals surface area contributed by atoms with Crippen molar-refractivity contribution in [1.29, 1.82) is 0 Å². The molecule has 2 rings (SSSR count). The summed E-state index contributed by atoms with van der Waals surface area (Å²) in [6, 6.07) is 1.41. The Kier molecular flexibility index (Phi) is 2.73. The third-order valence-corrected chi connectivity index (χ3v) is 2.31. The molecule has 17 heavy (non-hydrogen) atoms. The van der Waals surface area contributed by atoms with E-state index in [-0.39, 0.29) is 11.6 Å². The number of fused-ring (bicyclic) bond motifs is 1. The van der Waals surface area contributed by atoms with Crippen molar-refractivity contribution in [3.63, 3.8) is 0 Å². The number of carbonyl (C=O) groups excluding carboxylic acids is 2. The molecule has 1 aliphatic heterocycles. The molecule has 0 fully saturated rings. The number of carbonyl (C=O) groups is 3. The number of pyridine rings is 1. The summed E-state index contributed by atoms with van der Waals surface area (Å²) in [5, 5.41) is 13.2. The fourth-order valence-electron chi connectivity index (χ4n) is 1.53. The molecule has 0 radical (unpaired) electrons. The van der Waals surface area contributed by atoms with Crippen LogP contribution in [0.15, 0.2) is 12.3 Å². The SMILES string of the molecule is O=C(O)C(=O)Nc1cnc2c(c1)C(=O)NCC2. The fraction of sp³-hybridized carbons (Fsp3) is 0.200. The summed E-state index contributed by atoms with van der Waals surface area (Å²) in [4.78, 5) is 36.8. The summed E-state index contributed by atoms with van der Waals surface area (Å²) < 4.78 is 0. The Morgan fingerprint density at radius 1 is 1.47 bits per heavy atom. The normalized spacial score (nSPS) is 13.5. The van der Waals surface area contributed by atoms with Crippen LogP contribution in [0.3, 0.4) is 0 Å². The molecule has 2 heterocycles. The highest BCUT2D eigenvalue weighted by Crippen LogP contribution is 2.16. The smallest absolute Gasteiger partial charge is 0.394 e. The lowest BCUT2D eigenvalue weighted by atomic mass is 10.1. The van der Waals surface area contributed by atoms with Gasteiger partial charge in [0.1, 0.15) is 0 Å². The first-order valence-electron chi connectivity index (χ1n) is 4.89. The van der Waals surface area contributed by atoms with Crippen LogP contribution in [0.25, 0.3) is 0 Å². The Labute approximate surface area is 95.8 Å². The van der Waals surface area contributed by atoms with Gasteiger partial charge in [0.2, 0.25) is 0 Å². The quantitative estimate of drug-likeness (QED) is 0.563. The Bertz CT molecular complexity index is 512. The van der Waals surface area contributed by atoms with Crippen molar-refractivity contribution in [3.8, 4) is 0 Å². The number of amides is 2. The number of nitrogens with zero attached hydrogens (tertiary/aromatic N) is 1. The predicted octanol–water partition coefficient (Wildman–Crippen LogP) is -0.609. The molecule has 7 nitrogen and oxygen atoms in total. The van der Waals surface area contributed by atoms with Crippen LogP contribution in [0.1, 0.15) is 16.1 Å². The second kappa shape index (κ2) is 4.20. The molecule has 1 aromatic rings. The molecule has 0 aromatic carbocycles. The van der Waals surface area contributed by atoms with Crippen LogP contribution in [-0.4, -0.2) is 34.4 Å². The zero-order chi connectivity index (χ0) is 12.4. The van der Waals surface area contributed by atoms with E-state index in [4.69, 9.17) is 5.11 Å². The van der Waals surface area contributed by atoms with Crippen LogP contribution >= 0.6 is 0 Å². The fourth-order valence-corrected chi connectivity index (χ4v) is 1.53. The minimum absolute atomic E-state index is 0.188. The number of aromatic nitrogens is 1. The summed E-state index contributed by atoms with van der Waals surface area (Å²) in [5.74, 6) is -3.03. The van der Waals surface area contributed by atoms with E-state index in [0.717, 1.165) is 0 Å². The third kappa shape index (κ3) is 2.22. The number of aliphatic carboxylic acids is 1. The number of hydrogen-bond donors (Lipinski definition) is 3. The number of carboxylic acids is 1. The van der Waals surface area contributed by atoms with E-state index in [2.05, 4.69) is 15.6 Å². The van der Waals surface area contributed by atoms with Gasteiger partial charge >= 0.3 is 11.9 Å². The lowest BCUT2D eigenvalue weighted by molar-refractivity contribution is -0.147. The molecule has 2 amide bonds. The maximum atomic E-state index is 11.5. The molecule has 88 valence electrons. The summed E-state index contributed by atoms with van der Waals surface area (Å²) in [5.41, 5.74) is 1.19. The third-order valence-electron chi connectivity index (χ3n) is 2.31. The van der Waals surface area contributed by atoms with Crippen LogP contribution in [0, 0.1) is 0 Å². The maximum absolute atomic E-state index is 11.5. The van der Waals surface area contributed by atoms with Gasteiger partial charge in [0.05, 0.1) is 23.1 Å². The summed E-state index contributed by atoms with van der Waals surface area (Å²) in [6.07, 6.45) is 1.95. The van der Waals surface area contributed by atoms with Crippen molar-refractivity contribution in [1.82, 2.24) is 10.3 Å². The van der Waals surface area contributed by atoms with E-state index < -0.39 is 11.9 Å². The van der Waals surface area contributed by atoms with Gasteiger partial charge in [-0.15, -0.1) is 0 Å². The van der Waals surface area contributed by atoms with E-state index >= 15 is 0 Å². The summed E-state index contributed by atoms with van der Waals surface area (Å²) in [7, 11) is 0. The topological polar surface area (TPSA) is 108 Å². The van der Waals surface area contributed by atoms with Crippen molar-refractivity contribution in [2.75, 3.05) is 11.9 Å². The van der Waals surface area contributed by atoms with Gasteiger partial charge in [-0.3, -0.25) is 14.6 Å². The second-order valence-corrected chi connectivity index (χ2v) is 3.48. The molecule has 3 N–H and O–H groups in total. The van der Waals surface area contributed by atoms with Crippen LogP contribution in [0.4, 0.5) is 5.69 Å². The van der Waals surface area contributed by atoms with Crippen molar-refractivity contribution in [3.05, 3.63) is 23.5 Å². The van der Waals surface area contributed by atoms with Crippen LogP contribution in [0.2, 0.25) is 0 Å². The monoisotopic (exact) mass is 235 g/mol. The molecule has 1 aromatic heterocycles. The van der Waals surface area contributed by atoms with Gasteiger partial charge in [-0.2, -0.15) is 0 Å². The molecular formula is C10H9N3O4. The van der Waals surface area contributed by atoms with Gasteiger partial charge in [0, 0.05) is 13.0 Å². The van der Waals surface area contributed by atoms with Crippen molar-refractivity contribution in [2.24, 2.45) is 0 Å². The zero-order valence-electron chi connectivity index (χ0n) is 8.69. The molecule has 0 atom stereocenters. The number of rotatable bonds is 1. The van der Waals surface area contributed by atoms with Crippen molar-refractivity contribution < 1.29 is 19.5 Å². The Balaban J connectivity index is 2.26. The average molecular weight is 235 g/mol. The average Bonchev–Trinajstić information content (AvgIpc) is 2.30. The summed E-state index contributed by atoms with van der Waals surface area (Å²) >= 11 is 0. The molecule has 0 spiro atoms. The Morgan fingerprint density at radius 2 is 2.24 bits per heavy atom. The van der Waals surface area contributed by atoms with Crippen molar-refractivity contribution >= 4 is 23.5 Å². The molecule has 0 bridgehead atoms. The molecule has 7 heteroatoms. The van der Waals surface area contributed by atoms with E-state index in [0.29, 0.717) is 24.2 Å². The molecule has 0 saturated heterocycles. The number of anilines is 1. The first-order chi connectivity index (χ1) is 8.08. The second-order valence-electron chi connectivity index (χ2n) is 3.48. The number of carboxylic acid groups (broad SMARTS) is 1. The van der Waals surface area contributed by atoms with Gasteiger partial charge in [-0.05, 0) is 6.07 Å². The molecular weight excluding hydrogens is 226 g/mol. The minimum atomic E-state index is -1.59. The first-order valence-corrected chi connectivity index (χ1v) is 4.89. The molecule has 0 aliphatic carbocycles. The number of nitrogens with one attached hydrogen (secondary N) is 2. The Hall–Kier alpha value is -2.44. The highest BCUT2D eigenvalue weighted by molar-refractivity contribution is 6.36. The Morgan fingerprint density at radius 3 is 2.94 bits per heavy atom. The van der Waals surface area contributed by atoms with E-state index in [1.807, 2.05) is 0 Å². The van der Waals surface area contributed by atoms with E-state index in [9.17, 15) is 14.4 Å². The zero-order valence-corrected chi connectivity index (χ0v) is 8.69. The summed E-state index contributed by atoms with van der Waals surface area (Å²) in [6.45, 7) is 0.527. The molecule has 0 unspecified atom stereocenters. The predicted molar refractivity (Wildman–Crippen MR) is 56.5 cm³/mol. The van der Waals surface area contributed by atoms with Crippen LogP contribution in [0.5, 0.6) is 0 Å². The lowest BCUT2D eigenvalue weighted by Crippen LogP contribution is -2.32. The maximum Gasteiger partial charge on any atom is 0.394 e. The van der Waals surface area contributed by atoms with Crippen LogP contribution < -0.4 is 10.6 Å². The molecule has 0 saturated carbocycles. The highest BCUT2D eigenvalue weighted by atomic mass is 16.4. The standard InChI is InChI=1S/C10H9N3O4/c14-8-6-3-5(13-9(15)10(16)17)4-12-7(6)1-2-11-8/h3-4H,1-2H2,(H,11,14)(H,13,15)(H,16,17).